The topological polar surface area (TPSA) is 43.8 Å². The Morgan fingerprint density at radius 3 is 2.85 bits per heavy atom. The Labute approximate surface area is 121 Å². The number of allylic oxidation sites excluding steroid dienone is 3. The lowest BCUT2D eigenvalue weighted by molar-refractivity contribution is -0.128. The molecule has 2 aliphatic heterocycles. The Morgan fingerprint density at radius 1 is 1.55 bits per heavy atom. The van der Waals surface area contributed by atoms with Gasteiger partial charge < -0.3 is 10.0 Å². The van der Waals surface area contributed by atoms with E-state index in [2.05, 4.69) is 18.4 Å². The highest BCUT2D eigenvalue weighted by molar-refractivity contribution is 6.01. The molecule has 0 radical (unpaired) electrons. The number of aliphatic hydroxyl groups excluding tert-OH is 1. The summed E-state index contributed by atoms with van der Waals surface area (Å²) in [6, 6.07) is 0.395. The number of hydrogen-bond acceptors (Lipinski definition) is 3. The molecule has 20 heavy (non-hydrogen) atoms. The summed E-state index contributed by atoms with van der Waals surface area (Å²) in [6.45, 7) is 9.57. The highest BCUT2D eigenvalue weighted by Crippen LogP contribution is 2.25. The molecule has 0 aromatic carbocycles. The fraction of sp³-hybridized carbons (Fsp3) is 0.562. The first-order valence-electron chi connectivity index (χ1n) is 7.29. The Kier molecular flexibility index (Phi) is 4.78. The Balaban J connectivity index is 2.05. The normalized spacial score (nSPS) is 29.6. The van der Waals surface area contributed by atoms with Crippen LogP contribution in [-0.4, -0.2) is 52.7 Å². The molecular formula is C16H24N2O2. The molecule has 0 aromatic heterocycles. The van der Waals surface area contributed by atoms with Crippen LogP contribution in [0.2, 0.25) is 0 Å². The summed E-state index contributed by atoms with van der Waals surface area (Å²) in [5.74, 6) is -0.0103. The van der Waals surface area contributed by atoms with Crippen LogP contribution in [0.25, 0.3) is 0 Å². The summed E-state index contributed by atoms with van der Waals surface area (Å²) < 4.78 is 0. The van der Waals surface area contributed by atoms with Crippen LogP contribution < -0.4 is 0 Å². The van der Waals surface area contributed by atoms with Gasteiger partial charge >= 0.3 is 0 Å². The molecule has 1 amide bonds. The minimum absolute atomic E-state index is 0.0103. The molecule has 2 saturated heterocycles. The molecule has 2 rings (SSSR count). The van der Waals surface area contributed by atoms with Crippen LogP contribution in [0, 0.1) is 0 Å². The van der Waals surface area contributed by atoms with Crippen molar-refractivity contribution in [1.29, 1.82) is 0 Å². The number of aliphatic hydroxyl groups is 1. The van der Waals surface area contributed by atoms with E-state index < -0.39 is 6.23 Å². The Hall–Kier alpha value is -1.39. The van der Waals surface area contributed by atoms with Crippen LogP contribution in [0.3, 0.4) is 0 Å². The van der Waals surface area contributed by atoms with Gasteiger partial charge in [0.2, 0.25) is 0 Å². The van der Waals surface area contributed by atoms with Crippen molar-refractivity contribution < 1.29 is 9.90 Å². The second-order valence-corrected chi connectivity index (χ2v) is 5.53. The van der Waals surface area contributed by atoms with Crippen molar-refractivity contribution in [2.75, 3.05) is 19.6 Å². The molecule has 4 heteroatoms. The van der Waals surface area contributed by atoms with E-state index in [0.717, 1.165) is 25.0 Å². The molecule has 0 aliphatic carbocycles. The largest absolute Gasteiger partial charge is 0.376 e. The number of rotatable bonds is 4. The van der Waals surface area contributed by atoms with Gasteiger partial charge in [-0.3, -0.25) is 9.69 Å². The fourth-order valence-electron chi connectivity index (χ4n) is 3.06. The summed E-state index contributed by atoms with van der Waals surface area (Å²) in [5.41, 5.74) is 1.71. The summed E-state index contributed by atoms with van der Waals surface area (Å²) in [5, 5.41) is 10.3. The molecule has 4 nitrogen and oxygen atoms in total. The molecular weight excluding hydrogens is 252 g/mol. The zero-order chi connectivity index (χ0) is 14.7. The van der Waals surface area contributed by atoms with Crippen molar-refractivity contribution in [1.82, 2.24) is 9.80 Å². The van der Waals surface area contributed by atoms with Crippen LogP contribution in [0.1, 0.15) is 26.7 Å². The van der Waals surface area contributed by atoms with Crippen LogP contribution in [0.5, 0.6) is 0 Å². The van der Waals surface area contributed by atoms with E-state index >= 15 is 0 Å². The second kappa shape index (κ2) is 6.37. The van der Waals surface area contributed by atoms with Crippen LogP contribution in [0.4, 0.5) is 0 Å². The third-order valence-corrected chi connectivity index (χ3v) is 4.23. The molecule has 0 bridgehead atoms. The van der Waals surface area contributed by atoms with Crippen molar-refractivity contribution in [3.05, 3.63) is 36.0 Å². The van der Waals surface area contributed by atoms with Crippen LogP contribution in [0.15, 0.2) is 36.0 Å². The molecule has 0 saturated carbocycles. The Bertz CT molecular complexity index is 453. The lowest BCUT2D eigenvalue weighted by atomic mass is 10.1. The smallest absolute Gasteiger partial charge is 0.254 e. The van der Waals surface area contributed by atoms with Gasteiger partial charge in [0.15, 0.2) is 0 Å². The van der Waals surface area contributed by atoms with Crippen LogP contribution in [-0.2, 0) is 4.79 Å². The average molecular weight is 276 g/mol. The highest BCUT2D eigenvalue weighted by Gasteiger charge is 2.34. The first-order chi connectivity index (χ1) is 9.58. The second-order valence-electron chi connectivity index (χ2n) is 5.53. The minimum Gasteiger partial charge on any atom is -0.376 e. The van der Waals surface area contributed by atoms with Gasteiger partial charge in [0.25, 0.3) is 5.91 Å². The van der Waals surface area contributed by atoms with Gasteiger partial charge in [0.1, 0.15) is 6.23 Å². The molecule has 0 spiro atoms. The van der Waals surface area contributed by atoms with Gasteiger partial charge in [0, 0.05) is 24.7 Å². The van der Waals surface area contributed by atoms with Gasteiger partial charge in [-0.15, -0.1) is 0 Å². The standard InChI is InChI=1S/C16H24N2O2/c1-4-7-14-13(5-2)10-17(16(14)20)11-15(19)18-9-6-8-12(18)3/h4-5,7,12,15,19H,1,6,8-11H2,2-3H3/b13-5-,14-7+. The van der Waals surface area contributed by atoms with Gasteiger partial charge in [-0.1, -0.05) is 18.7 Å². The maximum absolute atomic E-state index is 12.3. The predicted octanol–water partition coefficient (Wildman–Crippen LogP) is 1.69. The first-order valence-corrected chi connectivity index (χ1v) is 7.29. The monoisotopic (exact) mass is 276 g/mol. The molecule has 2 atom stereocenters. The zero-order valence-electron chi connectivity index (χ0n) is 12.4. The van der Waals surface area contributed by atoms with E-state index in [0.29, 0.717) is 24.7 Å². The summed E-state index contributed by atoms with van der Waals surface area (Å²) in [6.07, 6.45) is 7.01. The van der Waals surface area contributed by atoms with Crippen molar-refractivity contribution in [2.24, 2.45) is 0 Å². The van der Waals surface area contributed by atoms with E-state index in [1.165, 1.54) is 0 Å². The van der Waals surface area contributed by atoms with Crippen molar-refractivity contribution in [3.63, 3.8) is 0 Å². The number of likely N-dealkylation sites (tertiary alicyclic amines) is 2. The predicted molar refractivity (Wildman–Crippen MR) is 80.0 cm³/mol. The first kappa shape index (κ1) is 15.0. The summed E-state index contributed by atoms with van der Waals surface area (Å²) >= 11 is 0. The summed E-state index contributed by atoms with van der Waals surface area (Å²) in [7, 11) is 0. The maximum atomic E-state index is 12.3. The highest BCUT2D eigenvalue weighted by atomic mass is 16.3. The molecule has 2 unspecified atom stereocenters. The minimum atomic E-state index is -0.572. The molecule has 2 fully saturated rings. The molecule has 1 N–H and O–H groups in total. The molecule has 2 aliphatic rings. The van der Waals surface area contributed by atoms with E-state index in [4.69, 9.17) is 0 Å². The maximum Gasteiger partial charge on any atom is 0.254 e. The third-order valence-electron chi connectivity index (χ3n) is 4.23. The number of carbonyl (C=O) groups excluding carboxylic acids is 1. The van der Waals surface area contributed by atoms with Gasteiger partial charge in [0.05, 0.1) is 6.54 Å². The molecule has 2 heterocycles. The summed E-state index contributed by atoms with van der Waals surface area (Å²) in [4.78, 5) is 16.1. The van der Waals surface area contributed by atoms with E-state index in [-0.39, 0.29) is 5.91 Å². The average Bonchev–Trinajstić information content (AvgIpc) is 2.97. The van der Waals surface area contributed by atoms with Crippen molar-refractivity contribution in [3.8, 4) is 0 Å². The number of hydrogen-bond donors (Lipinski definition) is 1. The number of carbonyl (C=O) groups is 1. The number of amides is 1. The van der Waals surface area contributed by atoms with Crippen molar-refractivity contribution >= 4 is 5.91 Å². The fourth-order valence-corrected chi connectivity index (χ4v) is 3.06. The zero-order valence-corrected chi connectivity index (χ0v) is 12.4. The number of nitrogens with zero attached hydrogens (tertiary/aromatic N) is 2. The van der Waals surface area contributed by atoms with E-state index in [9.17, 15) is 9.90 Å². The van der Waals surface area contributed by atoms with Gasteiger partial charge in [-0.2, -0.15) is 0 Å². The van der Waals surface area contributed by atoms with E-state index in [1.54, 1.807) is 17.1 Å². The molecule has 0 aromatic rings. The lowest BCUT2D eigenvalue weighted by Gasteiger charge is -2.30. The van der Waals surface area contributed by atoms with Crippen LogP contribution >= 0.6 is 0 Å². The lowest BCUT2D eigenvalue weighted by Crippen LogP contribution is -2.45. The van der Waals surface area contributed by atoms with E-state index in [1.807, 2.05) is 13.0 Å². The SMILES string of the molecule is C=C/C=C1/C(=O)N(CC(O)N2CCCC2C)C/C1=C/C. The van der Waals surface area contributed by atoms with Crippen molar-refractivity contribution in [2.45, 2.75) is 39.0 Å². The van der Waals surface area contributed by atoms with Gasteiger partial charge in [-0.25, -0.2) is 0 Å². The quantitative estimate of drug-likeness (QED) is 0.795. The Morgan fingerprint density at radius 2 is 2.30 bits per heavy atom. The molecule has 110 valence electrons. The third kappa shape index (κ3) is 2.86. The van der Waals surface area contributed by atoms with Gasteiger partial charge in [-0.05, 0) is 38.3 Å². The number of β-amino-alcohol motifs (C(OH)–C–C–N with tert-alkyl or cyclic N) is 1.